The number of ether oxygens (including phenoxy) is 4. The van der Waals surface area contributed by atoms with Crippen molar-refractivity contribution in [3.63, 3.8) is 0 Å². The van der Waals surface area contributed by atoms with Gasteiger partial charge in [0, 0.05) is 17.5 Å². The number of benzene rings is 3. The van der Waals surface area contributed by atoms with Crippen LogP contribution in [-0.4, -0.2) is 39.8 Å². The van der Waals surface area contributed by atoms with Crippen molar-refractivity contribution in [3.05, 3.63) is 81.8 Å². The molecular weight excluding hydrogens is 504 g/mol. The third-order valence-electron chi connectivity index (χ3n) is 4.90. The van der Waals surface area contributed by atoms with Crippen molar-refractivity contribution >= 4 is 27.7 Å². The van der Waals surface area contributed by atoms with E-state index >= 15 is 0 Å². The average Bonchev–Trinajstić information content (AvgIpc) is 2.87. The van der Waals surface area contributed by atoms with Gasteiger partial charge >= 0.3 is 0 Å². The largest absolute Gasteiger partial charge is 0.493 e. The van der Waals surface area contributed by atoms with Crippen LogP contribution in [0.4, 0.5) is 0 Å². The zero-order valence-electron chi connectivity index (χ0n) is 19.0. The normalized spacial score (nSPS) is 10.2. The molecule has 0 saturated carbocycles. The molecule has 0 spiro atoms. The fraction of sp³-hybridized carbons (Fsp3) is 0.200. The van der Waals surface area contributed by atoms with E-state index in [1.165, 1.54) is 39.0 Å². The lowest BCUT2D eigenvalue weighted by Gasteiger charge is -2.14. The summed E-state index contributed by atoms with van der Waals surface area (Å²) in [5.74, 6) is 0.593. The van der Waals surface area contributed by atoms with Crippen LogP contribution >= 0.6 is 15.9 Å². The minimum atomic E-state index is -0.549. The lowest BCUT2D eigenvalue weighted by atomic mass is 10.1. The number of carbonyl (C=O) groups excluding carboxylic acids is 2. The number of carbonyl (C=O) groups is 2. The maximum atomic E-state index is 12.6. The molecule has 2 amide bonds. The van der Waals surface area contributed by atoms with Crippen LogP contribution in [0.2, 0.25) is 0 Å². The molecule has 8 nitrogen and oxygen atoms in total. The van der Waals surface area contributed by atoms with Gasteiger partial charge in [-0.15, -0.1) is 0 Å². The minimum Gasteiger partial charge on any atom is -0.493 e. The van der Waals surface area contributed by atoms with E-state index < -0.39 is 11.8 Å². The highest BCUT2D eigenvalue weighted by atomic mass is 79.9. The first kappa shape index (κ1) is 24.9. The highest BCUT2D eigenvalue weighted by molar-refractivity contribution is 9.10. The van der Waals surface area contributed by atoms with Crippen molar-refractivity contribution in [3.8, 4) is 23.0 Å². The maximum Gasteiger partial charge on any atom is 0.269 e. The summed E-state index contributed by atoms with van der Waals surface area (Å²) >= 11 is 3.43. The van der Waals surface area contributed by atoms with Gasteiger partial charge in [0.05, 0.1) is 32.4 Å². The smallest absolute Gasteiger partial charge is 0.269 e. The topological polar surface area (TPSA) is 95.1 Å². The number of hydrazine groups is 1. The first-order valence-electron chi connectivity index (χ1n) is 10.3. The minimum absolute atomic E-state index is 0.221. The SMILES string of the molecule is COc1cc(C(=O)NNC(=O)c2ccc(OCCc3ccccc3)c(Br)c2)cc(OC)c1OC. The van der Waals surface area contributed by atoms with Gasteiger partial charge in [0.25, 0.3) is 11.8 Å². The quantitative estimate of drug-likeness (QED) is 0.404. The zero-order valence-corrected chi connectivity index (χ0v) is 20.6. The van der Waals surface area contributed by atoms with Crippen molar-refractivity contribution < 1.29 is 28.5 Å². The standard InChI is InChI=1S/C25H25BrN2O6/c1-31-21-14-18(15-22(32-2)23(21)33-3)25(30)28-27-24(29)17-9-10-20(19(26)13-17)34-12-11-16-7-5-4-6-8-16/h4-10,13-15H,11-12H2,1-3H3,(H,27,29)(H,28,30). The van der Waals surface area contributed by atoms with Crippen LogP contribution < -0.4 is 29.8 Å². The first-order valence-corrected chi connectivity index (χ1v) is 11.1. The molecule has 0 aromatic heterocycles. The van der Waals surface area contributed by atoms with Gasteiger partial charge in [0.1, 0.15) is 5.75 Å². The van der Waals surface area contributed by atoms with E-state index in [0.717, 1.165) is 6.42 Å². The second-order valence-corrected chi connectivity index (χ2v) is 7.91. The molecule has 0 aliphatic rings. The van der Waals surface area contributed by atoms with Gasteiger partial charge in [-0.1, -0.05) is 30.3 Å². The molecule has 0 atom stereocenters. The summed E-state index contributed by atoms with van der Waals surface area (Å²) in [7, 11) is 4.37. The van der Waals surface area contributed by atoms with Crippen LogP contribution in [-0.2, 0) is 6.42 Å². The number of amides is 2. The van der Waals surface area contributed by atoms with Crippen LogP contribution in [0, 0.1) is 0 Å². The molecule has 34 heavy (non-hydrogen) atoms. The molecule has 0 fully saturated rings. The Labute approximate surface area is 206 Å². The molecular formula is C25H25BrN2O6. The Morgan fingerprint density at radius 3 is 1.94 bits per heavy atom. The van der Waals surface area contributed by atoms with E-state index in [2.05, 4.69) is 26.8 Å². The Morgan fingerprint density at radius 2 is 1.38 bits per heavy atom. The summed E-state index contributed by atoms with van der Waals surface area (Å²) in [5, 5.41) is 0. The number of rotatable bonds is 9. The van der Waals surface area contributed by atoms with Crippen molar-refractivity contribution in [2.45, 2.75) is 6.42 Å². The monoisotopic (exact) mass is 528 g/mol. The fourth-order valence-electron chi connectivity index (χ4n) is 3.15. The van der Waals surface area contributed by atoms with Crippen molar-refractivity contribution in [2.24, 2.45) is 0 Å². The van der Waals surface area contributed by atoms with E-state index in [1.54, 1.807) is 18.2 Å². The van der Waals surface area contributed by atoms with Gasteiger partial charge in [0.15, 0.2) is 11.5 Å². The summed E-state index contributed by atoms with van der Waals surface area (Å²) in [6, 6.07) is 17.9. The molecule has 0 bridgehead atoms. The number of halogens is 1. The highest BCUT2D eigenvalue weighted by Crippen LogP contribution is 2.38. The molecule has 0 aliphatic carbocycles. The summed E-state index contributed by atoms with van der Waals surface area (Å²) in [4.78, 5) is 25.1. The Morgan fingerprint density at radius 1 is 0.765 bits per heavy atom. The number of methoxy groups -OCH3 is 3. The lowest BCUT2D eigenvalue weighted by Crippen LogP contribution is -2.41. The Hall–Kier alpha value is -3.72. The lowest BCUT2D eigenvalue weighted by molar-refractivity contribution is 0.0846. The molecule has 0 aliphatic heterocycles. The molecule has 0 unspecified atom stereocenters. The van der Waals surface area contributed by atoms with Crippen molar-refractivity contribution in [1.29, 1.82) is 0 Å². The predicted octanol–water partition coefficient (Wildman–Crippen LogP) is 4.17. The van der Waals surface area contributed by atoms with Crippen LogP contribution in [0.5, 0.6) is 23.0 Å². The highest BCUT2D eigenvalue weighted by Gasteiger charge is 2.18. The van der Waals surface area contributed by atoms with E-state index in [-0.39, 0.29) is 5.56 Å². The van der Waals surface area contributed by atoms with E-state index in [9.17, 15) is 9.59 Å². The number of nitrogens with one attached hydrogen (secondary N) is 2. The Kier molecular flexibility index (Phi) is 8.75. The molecule has 2 N–H and O–H groups in total. The molecule has 3 rings (SSSR count). The van der Waals surface area contributed by atoms with Gasteiger partial charge in [-0.3, -0.25) is 20.4 Å². The van der Waals surface area contributed by atoms with E-state index in [0.29, 0.717) is 39.6 Å². The maximum absolute atomic E-state index is 12.6. The number of hydrogen-bond donors (Lipinski definition) is 2. The summed E-state index contributed by atoms with van der Waals surface area (Å²) < 4.78 is 22.2. The average molecular weight is 529 g/mol. The molecule has 3 aromatic rings. The summed E-state index contributed by atoms with van der Waals surface area (Å²) in [6.45, 7) is 0.499. The van der Waals surface area contributed by atoms with Gasteiger partial charge in [-0.05, 0) is 51.8 Å². The Bertz CT molecular complexity index is 1130. The van der Waals surface area contributed by atoms with Crippen LogP contribution in [0.15, 0.2) is 65.1 Å². The third-order valence-corrected chi connectivity index (χ3v) is 5.52. The molecule has 178 valence electrons. The molecule has 0 saturated heterocycles. The molecule has 3 aromatic carbocycles. The van der Waals surface area contributed by atoms with Gasteiger partial charge in [-0.25, -0.2) is 0 Å². The van der Waals surface area contributed by atoms with Crippen LogP contribution in [0.1, 0.15) is 26.3 Å². The van der Waals surface area contributed by atoms with Crippen molar-refractivity contribution in [1.82, 2.24) is 10.9 Å². The molecule has 9 heteroatoms. The second kappa shape index (κ2) is 11.9. The molecule has 0 heterocycles. The summed E-state index contributed by atoms with van der Waals surface area (Å²) in [5.41, 5.74) is 6.52. The van der Waals surface area contributed by atoms with Gasteiger partial charge in [0.2, 0.25) is 5.75 Å². The Balaban J connectivity index is 1.59. The first-order chi connectivity index (χ1) is 16.5. The van der Waals surface area contributed by atoms with Crippen LogP contribution in [0.3, 0.4) is 0 Å². The third kappa shape index (κ3) is 6.20. The van der Waals surface area contributed by atoms with E-state index in [4.69, 9.17) is 18.9 Å². The van der Waals surface area contributed by atoms with E-state index in [1.807, 2.05) is 30.3 Å². The zero-order chi connectivity index (χ0) is 24.5. The number of hydrogen-bond acceptors (Lipinski definition) is 6. The predicted molar refractivity (Wildman–Crippen MR) is 131 cm³/mol. The van der Waals surface area contributed by atoms with Crippen molar-refractivity contribution in [2.75, 3.05) is 27.9 Å². The van der Waals surface area contributed by atoms with Gasteiger partial charge < -0.3 is 18.9 Å². The van der Waals surface area contributed by atoms with Gasteiger partial charge in [-0.2, -0.15) is 0 Å². The fourth-order valence-corrected chi connectivity index (χ4v) is 3.65. The second-order valence-electron chi connectivity index (χ2n) is 7.05. The molecule has 0 radical (unpaired) electrons. The van der Waals surface area contributed by atoms with Crippen LogP contribution in [0.25, 0.3) is 0 Å². The summed E-state index contributed by atoms with van der Waals surface area (Å²) in [6.07, 6.45) is 0.766.